The van der Waals surface area contributed by atoms with Crippen molar-refractivity contribution in [2.75, 3.05) is 13.1 Å². The zero-order valence-corrected chi connectivity index (χ0v) is 13.8. The summed E-state index contributed by atoms with van der Waals surface area (Å²) in [5.74, 6) is -0.876. The zero-order chi connectivity index (χ0) is 16.2. The van der Waals surface area contributed by atoms with E-state index in [2.05, 4.69) is 0 Å². The van der Waals surface area contributed by atoms with Crippen LogP contribution >= 0.6 is 0 Å². The Kier molecular flexibility index (Phi) is 5.92. The molecular weight excluding hydrogens is 290 g/mol. The maximum absolute atomic E-state index is 12.7. The molecule has 0 saturated carbocycles. The summed E-state index contributed by atoms with van der Waals surface area (Å²) < 4.78 is 26.9. The molecule has 0 radical (unpaired) electrons. The van der Waals surface area contributed by atoms with Crippen LogP contribution in [0.5, 0.6) is 0 Å². The number of hydrogen-bond donors (Lipinski definition) is 1. The summed E-state index contributed by atoms with van der Waals surface area (Å²) in [5.41, 5.74) is 0.543. The van der Waals surface area contributed by atoms with Gasteiger partial charge in [-0.15, -0.1) is 0 Å². The highest BCUT2D eigenvalue weighted by Gasteiger charge is 2.26. The third-order valence-electron chi connectivity index (χ3n) is 3.62. The molecule has 0 spiro atoms. The van der Waals surface area contributed by atoms with Gasteiger partial charge in [-0.2, -0.15) is 4.31 Å². The van der Waals surface area contributed by atoms with E-state index in [0.717, 1.165) is 6.42 Å². The molecule has 1 unspecified atom stereocenters. The fourth-order valence-electron chi connectivity index (χ4n) is 2.02. The van der Waals surface area contributed by atoms with Crippen LogP contribution in [0.4, 0.5) is 0 Å². The Morgan fingerprint density at radius 2 is 1.95 bits per heavy atom. The highest BCUT2D eigenvalue weighted by atomic mass is 32.2. The first-order valence-electron chi connectivity index (χ1n) is 7.08. The molecule has 0 aromatic heterocycles. The van der Waals surface area contributed by atoms with Gasteiger partial charge < -0.3 is 5.11 Å². The molecule has 118 valence electrons. The van der Waals surface area contributed by atoms with Crippen molar-refractivity contribution in [3.63, 3.8) is 0 Å². The minimum Gasteiger partial charge on any atom is -0.478 e. The van der Waals surface area contributed by atoms with E-state index in [0.29, 0.717) is 18.7 Å². The second kappa shape index (κ2) is 7.04. The first-order chi connectivity index (χ1) is 9.73. The average Bonchev–Trinajstić information content (AvgIpc) is 2.44. The third kappa shape index (κ3) is 4.04. The first-order valence-corrected chi connectivity index (χ1v) is 8.52. The van der Waals surface area contributed by atoms with Crippen LogP contribution < -0.4 is 0 Å². The van der Waals surface area contributed by atoms with Gasteiger partial charge in [0.2, 0.25) is 10.0 Å². The average molecular weight is 313 g/mol. The highest BCUT2D eigenvalue weighted by Crippen LogP contribution is 2.22. The number of sulfonamides is 1. The summed E-state index contributed by atoms with van der Waals surface area (Å²) in [6.07, 6.45) is 0.889. The summed E-state index contributed by atoms with van der Waals surface area (Å²) >= 11 is 0. The zero-order valence-electron chi connectivity index (χ0n) is 13.0. The van der Waals surface area contributed by atoms with Gasteiger partial charge in [0.15, 0.2) is 0 Å². The van der Waals surface area contributed by atoms with Crippen LogP contribution in [0.1, 0.15) is 43.1 Å². The van der Waals surface area contributed by atoms with Crippen molar-refractivity contribution in [3.8, 4) is 0 Å². The Balaban J connectivity index is 3.28. The van der Waals surface area contributed by atoms with Crippen molar-refractivity contribution in [3.05, 3.63) is 29.3 Å². The summed E-state index contributed by atoms with van der Waals surface area (Å²) in [7, 11) is -3.67. The maximum atomic E-state index is 12.7. The molecule has 1 aromatic rings. The molecule has 0 aliphatic heterocycles. The second-order valence-electron chi connectivity index (χ2n) is 5.25. The molecule has 0 aliphatic carbocycles. The lowest BCUT2D eigenvalue weighted by Crippen LogP contribution is -2.35. The van der Waals surface area contributed by atoms with Crippen molar-refractivity contribution < 1.29 is 18.3 Å². The van der Waals surface area contributed by atoms with Crippen molar-refractivity contribution in [1.29, 1.82) is 0 Å². The fourth-order valence-corrected chi connectivity index (χ4v) is 3.84. The van der Waals surface area contributed by atoms with Crippen molar-refractivity contribution in [2.45, 2.75) is 39.0 Å². The Hall–Kier alpha value is -1.40. The number of carboxylic acids is 1. The molecule has 5 nitrogen and oxygen atoms in total. The molecule has 1 aromatic carbocycles. The minimum atomic E-state index is -3.67. The normalized spacial score (nSPS) is 13.4. The molecule has 1 atom stereocenters. The lowest BCUT2D eigenvalue weighted by Gasteiger charge is -2.24. The number of rotatable bonds is 7. The molecule has 0 amide bonds. The number of aryl methyl sites for hydroxylation is 1. The molecule has 1 rings (SSSR count). The summed E-state index contributed by atoms with van der Waals surface area (Å²) in [6, 6.07) is 4.20. The molecule has 0 fully saturated rings. The summed E-state index contributed by atoms with van der Waals surface area (Å²) in [4.78, 5) is 11.1. The smallest absolute Gasteiger partial charge is 0.335 e. The van der Waals surface area contributed by atoms with E-state index < -0.39 is 16.0 Å². The highest BCUT2D eigenvalue weighted by molar-refractivity contribution is 7.89. The molecule has 0 saturated heterocycles. The molecule has 0 heterocycles. The van der Waals surface area contributed by atoms with Gasteiger partial charge in [-0.25, -0.2) is 13.2 Å². The predicted molar refractivity (Wildman–Crippen MR) is 82.0 cm³/mol. The van der Waals surface area contributed by atoms with E-state index in [1.165, 1.54) is 22.5 Å². The van der Waals surface area contributed by atoms with Gasteiger partial charge in [0.1, 0.15) is 0 Å². The molecule has 21 heavy (non-hydrogen) atoms. The first kappa shape index (κ1) is 17.7. The molecule has 1 N–H and O–H groups in total. The van der Waals surface area contributed by atoms with Crippen LogP contribution in [-0.4, -0.2) is 36.9 Å². The van der Waals surface area contributed by atoms with Gasteiger partial charge in [-0.1, -0.05) is 33.3 Å². The standard InChI is InChI=1S/C15H23NO4S/c1-5-11(3)10-16(6-2)21(19,20)14-9-13(15(17)18)8-7-12(14)4/h7-9,11H,5-6,10H2,1-4H3,(H,17,18). The predicted octanol–water partition coefficient (Wildman–Crippen LogP) is 2.75. The number of benzene rings is 1. The van der Waals surface area contributed by atoms with E-state index >= 15 is 0 Å². The van der Waals surface area contributed by atoms with Crippen LogP contribution in [0.2, 0.25) is 0 Å². The van der Waals surface area contributed by atoms with Gasteiger partial charge >= 0.3 is 5.97 Å². The third-order valence-corrected chi connectivity index (χ3v) is 5.70. The number of carbonyl (C=O) groups is 1. The lowest BCUT2D eigenvalue weighted by molar-refractivity contribution is 0.0696. The molecule has 6 heteroatoms. The lowest BCUT2D eigenvalue weighted by atomic mass is 10.1. The van der Waals surface area contributed by atoms with E-state index in [1.54, 1.807) is 13.8 Å². The van der Waals surface area contributed by atoms with Crippen LogP contribution in [-0.2, 0) is 10.0 Å². The number of aromatic carboxylic acids is 1. The monoisotopic (exact) mass is 313 g/mol. The quantitative estimate of drug-likeness (QED) is 0.840. The minimum absolute atomic E-state index is 0.0150. The summed E-state index contributed by atoms with van der Waals surface area (Å²) in [6.45, 7) is 8.28. The van der Waals surface area contributed by atoms with E-state index in [9.17, 15) is 13.2 Å². The number of hydrogen-bond acceptors (Lipinski definition) is 3. The summed E-state index contributed by atoms with van der Waals surface area (Å²) in [5, 5.41) is 9.04. The van der Waals surface area contributed by atoms with Gasteiger partial charge in [0.05, 0.1) is 10.5 Å². The molecule has 0 bridgehead atoms. The van der Waals surface area contributed by atoms with Crippen molar-refractivity contribution in [1.82, 2.24) is 4.31 Å². The molecule has 0 aliphatic rings. The van der Waals surface area contributed by atoms with Crippen molar-refractivity contribution in [2.24, 2.45) is 5.92 Å². The van der Waals surface area contributed by atoms with E-state index in [4.69, 9.17) is 5.11 Å². The van der Waals surface area contributed by atoms with Crippen LogP contribution in [0.3, 0.4) is 0 Å². The Morgan fingerprint density at radius 1 is 1.33 bits per heavy atom. The largest absolute Gasteiger partial charge is 0.478 e. The van der Waals surface area contributed by atoms with Crippen LogP contribution in [0.25, 0.3) is 0 Å². The number of carboxylic acid groups (broad SMARTS) is 1. The van der Waals surface area contributed by atoms with Gasteiger partial charge in [-0.05, 0) is 30.5 Å². The second-order valence-corrected chi connectivity index (χ2v) is 7.16. The van der Waals surface area contributed by atoms with Gasteiger partial charge in [-0.3, -0.25) is 0 Å². The fraction of sp³-hybridized carbons (Fsp3) is 0.533. The molecular formula is C15H23NO4S. The Morgan fingerprint density at radius 3 is 2.43 bits per heavy atom. The number of nitrogens with zero attached hydrogens (tertiary/aromatic N) is 1. The Labute approximate surface area is 126 Å². The maximum Gasteiger partial charge on any atom is 0.335 e. The SMILES string of the molecule is CCC(C)CN(CC)S(=O)(=O)c1cc(C(=O)O)ccc1C. The van der Waals surface area contributed by atoms with Gasteiger partial charge in [0.25, 0.3) is 0 Å². The Bertz CT molecular complexity index is 610. The topological polar surface area (TPSA) is 74.7 Å². The van der Waals surface area contributed by atoms with Gasteiger partial charge in [0, 0.05) is 13.1 Å². The van der Waals surface area contributed by atoms with Crippen LogP contribution in [0, 0.1) is 12.8 Å². The van der Waals surface area contributed by atoms with Crippen LogP contribution in [0.15, 0.2) is 23.1 Å². The van der Waals surface area contributed by atoms with E-state index in [1.807, 2.05) is 13.8 Å². The van der Waals surface area contributed by atoms with Crippen molar-refractivity contribution >= 4 is 16.0 Å². The van der Waals surface area contributed by atoms with E-state index in [-0.39, 0.29) is 16.4 Å².